The Balaban J connectivity index is 1.77. The number of amides is 1. The molecule has 0 spiro atoms. The molecular formula is C22H25NO5. The first kappa shape index (κ1) is 19.7. The van der Waals surface area contributed by atoms with Gasteiger partial charge in [0.2, 0.25) is 5.91 Å². The van der Waals surface area contributed by atoms with Gasteiger partial charge >= 0.3 is 5.97 Å². The predicted molar refractivity (Wildman–Crippen MR) is 106 cm³/mol. The van der Waals surface area contributed by atoms with Crippen LogP contribution in [0.1, 0.15) is 41.1 Å². The van der Waals surface area contributed by atoms with E-state index in [0.29, 0.717) is 35.1 Å². The average molecular weight is 383 g/mol. The minimum absolute atomic E-state index is 0.0881. The molecule has 1 unspecified atom stereocenters. The smallest absolute Gasteiger partial charge is 0.339 e. The minimum atomic E-state index is -0.477. The second-order valence-electron chi connectivity index (χ2n) is 6.85. The van der Waals surface area contributed by atoms with Crippen molar-refractivity contribution in [1.29, 1.82) is 0 Å². The fourth-order valence-corrected chi connectivity index (χ4v) is 3.42. The highest BCUT2D eigenvalue weighted by molar-refractivity contribution is 6.01. The lowest BCUT2D eigenvalue weighted by molar-refractivity contribution is -0.116. The maximum atomic E-state index is 12.7. The number of para-hydroxylation sites is 1. The summed E-state index contributed by atoms with van der Waals surface area (Å²) in [6.45, 7) is 0. The number of esters is 1. The third kappa shape index (κ3) is 4.44. The number of carbonyl (C=O) groups is 2. The fraction of sp³-hybridized carbons (Fsp3) is 0.364. The van der Waals surface area contributed by atoms with Gasteiger partial charge in [0.05, 0.1) is 32.6 Å². The minimum Gasteiger partial charge on any atom is -0.493 e. The summed E-state index contributed by atoms with van der Waals surface area (Å²) in [5, 5.41) is 2.86. The van der Waals surface area contributed by atoms with Crippen LogP contribution in [0.2, 0.25) is 0 Å². The third-order valence-corrected chi connectivity index (χ3v) is 5.04. The van der Waals surface area contributed by atoms with Crippen LogP contribution in [0.3, 0.4) is 0 Å². The normalized spacial score (nSPS) is 14.1. The van der Waals surface area contributed by atoms with Crippen molar-refractivity contribution in [2.24, 2.45) is 5.92 Å². The molecule has 1 N–H and O–H groups in total. The molecule has 1 fully saturated rings. The second kappa shape index (κ2) is 8.78. The van der Waals surface area contributed by atoms with Gasteiger partial charge in [-0.05, 0) is 54.5 Å². The fourth-order valence-electron chi connectivity index (χ4n) is 3.42. The average Bonchev–Trinajstić information content (AvgIpc) is 3.56. The second-order valence-corrected chi connectivity index (χ2v) is 6.85. The van der Waals surface area contributed by atoms with E-state index < -0.39 is 5.97 Å². The van der Waals surface area contributed by atoms with Crippen molar-refractivity contribution in [3.63, 3.8) is 0 Å². The van der Waals surface area contributed by atoms with Crippen LogP contribution in [0.15, 0.2) is 42.5 Å². The molecule has 2 aromatic rings. The molecule has 0 saturated heterocycles. The number of ether oxygens (including phenoxy) is 3. The Morgan fingerprint density at radius 1 is 1.04 bits per heavy atom. The summed E-state index contributed by atoms with van der Waals surface area (Å²) < 4.78 is 15.5. The number of anilines is 1. The highest BCUT2D eigenvalue weighted by Gasteiger charge is 2.34. The van der Waals surface area contributed by atoms with Crippen molar-refractivity contribution in [2.45, 2.75) is 25.2 Å². The molecule has 28 heavy (non-hydrogen) atoms. The number of hydrogen-bond donors (Lipinski definition) is 1. The van der Waals surface area contributed by atoms with E-state index in [0.717, 1.165) is 18.4 Å². The van der Waals surface area contributed by atoms with Gasteiger partial charge in [-0.25, -0.2) is 4.79 Å². The zero-order valence-electron chi connectivity index (χ0n) is 16.4. The summed E-state index contributed by atoms with van der Waals surface area (Å²) >= 11 is 0. The summed E-state index contributed by atoms with van der Waals surface area (Å²) in [6.07, 6.45) is 2.53. The molecule has 6 heteroatoms. The van der Waals surface area contributed by atoms with Crippen LogP contribution >= 0.6 is 0 Å². The Hall–Kier alpha value is -3.02. The van der Waals surface area contributed by atoms with Crippen LogP contribution in [-0.4, -0.2) is 33.2 Å². The quantitative estimate of drug-likeness (QED) is 0.697. The largest absolute Gasteiger partial charge is 0.493 e. The molecule has 6 nitrogen and oxygen atoms in total. The molecule has 0 aliphatic heterocycles. The van der Waals surface area contributed by atoms with Crippen molar-refractivity contribution in [3.8, 4) is 11.5 Å². The van der Waals surface area contributed by atoms with Gasteiger partial charge in [0.25, 0.3) is 0 Å². The molecular weight excluding hydrogens is 358 g/mol. The number of benzene rings is 2. The molecule has 1 atom stereocenters. The molecule has 1 saturated carbocycles. The van der Waals surface area contributed by atoms with Gasteiger partial charge in [0.1, 0.15) is 0 Å². The molecule has 3 rings (SSSR count). The zero-order valence-corrected chi connectivity index (χ0v) is 16.4. The van der Waals surface area contributed by atoms with E-state index in [1.54, 1.807) is 38.5 Å². The van der Waals surface area contributed by atoms with Crippen LogP contribution in [0.5, 0.6) is 11.5 Å². The van der Waals surface area contributed by atoms with E-state index in [1.165, 1.54) is 7.11 Å². The first-order valence-corrected chi connectivity index (χ1v) is 9.26. The Morgan fingerprint density at radius 3 is 2.39 bits per heavy atom. The topological polar surface area (TPSA) is 73.9 Å². The van der Waals surface area contributed by atoms with Crippen molar-refractivity contribution < 1.29 is 23.8 Å². The molecule has 0 bridgehead atoms. The zero-order chi connectivity index (χ0) is 20.1. The van der Waals surface area contributed by atoms with E-state index in [9.17, 15) is 9.59 Å². The lowest BCUT2D eigenvalue weighted by atomic mass is 9.90. The SMILES string of the molecule is COC(=O)c1ccccc1NC(=O)CC(c1ccc(OC)c(OC)c1)C1CC1. The maximum Gasteiger partial charge on any atom is 0.339 e. The maximum absolute atomic E-state index is 12.7. The Morgan fingerprint density at radius 2 is 1.75 bits per heavy atom. The number of methoxy groups -OCH3 is 3. The molecule has 0 aromatic heterocycles. The summed E-state index contributed by atoms with van der Waals surface area (Å²) in [6, 6.07) is 12.6. The van der Waals surface area contributed by atoms with Crippen LogP contribution in [0.25, 0.3) is 0 Å². The molecule has 1 aliphatic carbocycles. The van der Waals surface area contributed by atoms with Crippen molar-refractivity contribution in [3.05, 3.63) is 53.6 Å². The first-order chi connectivity index (χ1) is 13.6. The van der Waals surface area contributed by atoms with E-state index >= 15 is 0 Å². The molecule has 0 radical (unpaired) electrons. The van der Waals surface area contributed by atoms with Crippen molar-refractivity contribution >= 4 is 17.6 Å². The monoisotopic (exact) mass is 383 g/mol. The number of carbonyl (C=O) groups excluding carboxylic acids is 2. The van der Waals surface area contributed by atoms with Crippen molar-refractivity contribution in [2.75, 3.05) is 26.6 Å². The highest BCUT2D eigenvalue weighted by Crippen LogP contribution is 2.46. The summed E-state index contributed by atoms with van der Waals surface area (Å²) in [5.41, 5.74) is 1.85. The van der Waals surface area contributed by atoms with Gasteiger partial charge in [0, 0.05) is 6.42 Å². The lowest BCUT2D eigenvalue weighted by Gasteiger charge is -2.19. The highest BCUT2D eigenvalue weighted by atomic mass is 16.5. The standard InChI is InChI=1S/C22H25NO5/c1-26-19-11-10-15(12-20(19)27-2)17(14-8-9-14)13-21(24)23-18-7-5-4-6-16(18)22(25)28-3/h4-7,10-12,14,17H,8-9,13H2,1-3H3,(H,23,24). The molecule has 148 valence electrons. The third-order valence-electron chi connectivity index (χ3n) is 5.04. The number of rotatable bonds is 8. The number of nitrogens with one attached hydrogen (secondary N) is 1. The van der Waals surface area contributed by atoms with Crippen LogP contribution in [0, 0.1) is 5.92 Å². The number of hydrogen-bond acceptors (Lipinski definition) is 5. The van der Waals surface area contributed by atoms with Crippen LogP contribution in [-0.2, 0) is 9.53 Å². The summed E-state index contributed by atoms with van der Waals surface area (Å²) in [5.74, 6) is 1.27. The van der Waals surface area contributed by atoms with E-state index in [1.807, 2.05) is 18.2 Å². The lowest BCUT2D eigenvalue weighted by Crippen LogP contribution is -2.19. The summed E-state index contributed by atoms with van der Waals surface area (Å²) in [7, 11) is 4.52. The van der Waals surface area contributed by atoms with Crippen molar-refractivity contribution in [1.82, 2.24) is 0 Å². The van der Waals surface area contributed by atoms with E-state index in [-0.39, 0.29) is 11.8 Å². The first-order valence-electron chi connectivity index (χ1n) is 9.26. The molecule has 2 aromatic carbocycles. The van der Waals surface area contributed by atoms with Gasteiger partial charge in [-0.15, -0.1) is 0 Å². The Kier molecular flexibility index (Phi) is 6.19. The molecule has 1 aliphatic rings. The van der Waals surface area contributed by atoms with E-state index in [2.05, 4.69) is 5.32 Å². The van der Waals surface area contributed by atoms with Crippen LogP contribution in [0.4, 0.5) is 5.69 Å². The van der Waals surface area contributed by atoms with Crippen LogP contribution < -0.4 is 14.8 Å². The van der Waals surface area contributed by atoms with Gasteiger partial charge < -0.3 is 19.5 Å². The summed E-state index contributed by atoms with van der Waals surface area (Å²) in [4.78, 5) is 24.7. The van der Waals surface area contributed by atoms with Gasteiger partial charge in [0.15, 0.2) is 11.5 Å². The molecule has 0 heterocycles. The van der Waals surface area contributed by atoms with E-state index in [4.69, 9.17) is 14.2 Å². The van der Waals surface area contributed by atoms with Gasteiger partial charge in [-0.2, -0.15) is 0 Å². The Labute approximate surface area is 164 Å². The predicted octanol–water partition coefficient (Wildman–Crippen LogP) is 4.01. The Bertz CT molecular complexity index is 860. The van der Waals surface area contributed by atoms with Gasteiger partial charge in [-0.1, -0.05) is 18.2 Å². The molecule has 1 amide bonds. The van der Waals surface area contributed by atoms with Gasteiger partial charge in [-0.3, -0.25) is 4.79 Å².